The van der Waals surface area contributed by atoms with Crippen LogP contribution in [0, 0.1) is 6.92 Å². The van der Waals surface area contributed by atoms with Crippen LogP contribution in [0.4, 0.5) is 0 Å². The number of aromatic nitrogens is 2. The zero-order valence-corrected chi connectivity index (χ0v) is 11.7. The van der Waals surface area contributed by atoms with Gasteiger partial charge in [-0.1, -0.05) is 6.92 Å². The smallest absolute Gasteiger partial charge is 0.327 e. The first-order valence-electron chi connectivity index (χ1n) is 6.44. The minimum Gasteiger partial charge on any atom is -0.465 e. The highest BCUT2D eigenvalue weighted by atomic mass is 16.5. The molecule has 1 aromatic rings. The van der Waals surface area contributed by atoms with Crippen molar-refractivity contribution in [1.29, 1.82) is 0 Å². The van der Waals surface area contributed by atoms with Gasteiger partial charge in [-0.15, -0.1) is 0 Å². The molecule has 5 nitrogen and oxygen atoms in total. The Kier molecular flexibility index (Phi) is 5.34. The Morgan fingerprint density at radius 3 is 2.78 bits per heavy atom. The van der Waals surface area contributed by atoms with E-state index in [1.54, 1.807) is 6.20 Å². The van der Waals surface area contributed by atoms with E-state index in [4.69, 9.17) is 4.74 Å². The molecule has 1 rings (SSSR count). The van der Waals surface area contributed by atoms with Gasteiger partial charge in [0.2, 0.25) is 0 Å². The molecule has 0 aliphatic heterocycles. The van der Waals surface area contributed by atoms with Crippen LogP contribution in [0.5, 0.6) is 0 Å². The summed E-state index contributed by atoms with van der Waals surface area (Å²) in [5.41, 5.74) is 0.298. The molecular weight excluding hydrogens is 230 g/mol. The lowest BCUT2D eigenvalue weighted by Gasteiger charge is -2.28. The molecule has 0 aliphatic rings. The summed E-state index contributed by atoms with van der Waals surface area (Å²) in [5, 5.41) is 7.48. The Labute approximate surface area is 109 Å². The molecule has 0 aromatic carbocycles. The molecule has 0 fully saturated rings. The second kappa shape index (κ2) is 6.54. The fourth-order valence-electron chi connectivity index (χ4n) is 1.75. The highest BCUT2D eigenvalue weighted by molar-refractivity contribution is 5.80. The average molecular weight is 253 g/mol. The molecule has 5 heteroatoms. The first-order chi connectivity index (χ1) is 8.53. The number of hydrogen-bond donors (Lipinski definition) is 1. The van der Waals surface area contributed by atoms with Crippen molar-refractivity contribution in [3.8, 4) is 0 Å². The lowest BCUT2D eigenvalue weighted by molar-refractivity contribution is -0.151. The van der Waals surface area contributed by atoms with Crippen LogP contribution in [0.15, 0.2) is 12.3 Å². The van der Waals surface area contributed by atoms with Crippen molar-refractivity contribution in [2.75, 3.05) is 13.2 Å². The van der Waals surface area contributed by atoms with Crippen molar-refractivity contribution in [2.45, 2.75) is 46.2 Å². The monoisotopic (exact) mass is 253 g/mol. The summed E-state index contributed by atoms with van der Waals surface area (Å²) < 4.78 is 6.97. The summed E-state index contributed by atoms with van der Waals surface area (Å²) in [6.07, 6.45) is 2.70. The maximum absolute atomic E-state index is 12.1. The van der Waals surface area contributed by atoms with Gasteiger partial charge in [0.25, 0.3) is 0 Å². The van der Waals surface area contributed by atoms with E-state index in [0.29, 0.717) is 13.2 Å². The van der Waals surface area contributed by atoms with Gasteiger partial charge < -0.3 is 10.1 Å². The van der Waals surface area contributed by atoms with E-state index in [1.807, 2.05) is 31.5 Å². The fraction of sp³-hybridized carbons (Fsp3) is 0.692. The molecular formula is C13H23N3O2. The van der Waals surface area contributed by atoms with Gasteiger partial charge in [-0.05, 0) is 39.8 Å². The lowest BCUT2D eigenvalue weighted by atomic mass is 10.0. The molecule has 1 unspecified atom stereocenters. The van der Waals surface area contributed by atoms with Gasteiger partial charge >= 0.3 is 5.97 Å². The highest BCUT2D eigenvalue weighted by Crippen LogP contribution is 2.12. The number of carbonyl (C=O) groups is 1. The number of nitrogens with one attached hydrogen (secondary N) is 1. The summed E-state index contributed by atoms with van der Waals surface area (Å²) in [5.74, 6) is -0.228. The standard InChI is InChI=1S/C13H23N3O2/c1-5-8-14-13(4,12(17)18-6-2)10-16-11(3)7-9-15-16/h7,9,14H,5-6,8,10H2,1-4H3. The Morgan fingerprint density at radius 2 is 2.28 bits per heavy atom. The molecule has 0 saturated heterocycles. The Hall–Kier alpha value is -1.36. The lowest BCUT2D eigenvalue weighted by Crippen LogP contribution is -2.54. The zero-order valence-electron chi connectivity index (χ0n) is 11.7. The van der Waals surface area contributed by atoms with Crippen LogP contribution in [0.25, 0.3) is 0 Å². The van der Waals surface area contributed by atoms with Gasteiger partial charge in [0, 0.05) is 11.9 Å². The Morgan fingerprint density at radius 1 is 1.56 bits per heavy atom. The summed E-state index contributed by atoms with van der Waals surface area (Å²) in [4.78, 5) is 12.1. The van der Waals surface area contributed by atoms with Gasteiger partial charge in [-0.25, -0.2) is 4.79 Å². The van der Waals surface area contributed by atoms with Crippen LogP contribution in [0.1, 0.15) is 32.9 Å². The van der Waals surface area contributed by atoms with E-state index >= 15 is 0 Å². The third-order valence-corrected chi connectivity index (χ3v) is 2.89. The van der Waals surface area contributed by atoms with Crippen LogP contribution >= 0.6 is 0 Å². The number of carbonyl (C=O) groups excluding carboxylic acids is 1. The van der Waals surface area contributed by atoms with Crippen LogP contribution in [-0.4, -0.2) is 34.4 Å². The largest absolute Gasteiger partial charge is 0.465 e. The summed E-state index contributed by atoms with van der Waals surface area (Å²) in [7, 11) is 0. The topological polar surface area (TPSA) is 56.2 Å². The molecule has 1 atom stereocenters. The van der Waals surface area contributed by atoms with Gasteiger partial charge in [0.1, 0.15) is 5.54 Å². The van der Waals surface area contributed by atoms with Gasteiger partial charge in [0.05, 0.1) is 13.2 Å². The van der Waals surface area contributed by atoms with E-state index in [0.717, 1.165) is 18.7 Å². The maximum atomic E-state index is 12.1. The SMILES string of the molecule is CCCNC(C)(Cn1nccc1C)C(=O)OCC. The fourth-order valence-corrected chi connectivity index (χ4v) is 1.75. The van der Waals surface area contributed by atoms with E-state index in [2.05, 4.69) is 17.3 Å². The molecule has 0 saturated carbocycles. The van der Waals surface area contributed by atoms with Crippen molar-refractivity contribution in [3.05, 3.63) is 18.0 Å². The Bertz CT molecular complexity index is 389. The van der Waals surface area contributed by atoms with Gasteiger partial charge in [0.15, 0.2) is 0 Å². The first kappa shape index (κ1) is 14.7. The summed E-state index contributed by atoms with van der Waals surface area (Å²) in [6, 6.07) is 1.92. The van der Waals surface area contributed by atoms with E-state index in [9.17, 15) is 4.79 Å². The predicted octanol–water partition coefficient (Wildman–Crippen LogP) is 1.51. The number of esters is 1. The van der Waals surface area contributed by atoms with Crippen molar-refractivity contribution in [3.63, 3.8) is 0 Å². The quantitative estimate of drug-likeness (QED) is 0.748. The van der Waals surface area contributed by atoms with Gasteiger partial charge in [-0.2, -0.15) is 5.10 Å². The third kappa shape index (κ3) is 3.57. The number of aryl methyl sites for hydroxylation is 1. The van der Waals surface area contributed by atoms with E-state index in [1.165, 1.54) is 0 Å². The molecule has 0 bridgehead atoms. The molecule has 0 spiro atoms. The maximum Gasteiger partial charge on any atom is 0.327 e. The van der Waals surface area contributed by atoms with Crippen molar-refractivity contribution < 1.29 is 9.53 Å². The minimum absolute atomic E-state index is 0.228. The summed E-state index contributed by atoms with van der Waals surface area (Å²) >= 11 is 0. The normalized spacial score (nSPS) is 14.2. The second-order valence-electron chi connectivity index (χ2n) is 4.61. The van der Waals surface area contributed by atoms with E-state index < -0.39 is 5.54 Å². The summed E-state index contributed by atoms with van der Waals surface area (Å²) in [6.45, 7) is 9.36. The van der Waals surface area contributed by atoms with Crippen LogP contribution in [0.2, 0.25) is 0 Å². The number of ether oxygens (including phenoxy) is 1. The number of nitrogens with zero attached hydrogens (tertiary/aromatic N) is 2. The molecule has 0 radical (unpaired) electrons. The number of rotatable bonds is 7. The minimum atomic E-state index is -0.733. The third-order valence-electron chi connectivity index (χ3n) is 2.89. The van der Waals surface area contributed by atoms with Crippen molar-refractivity contribution >= 4 is 5.97 Å². The molecule has 1 heterocycles. The zero-order chi connectivity index (χ0) is 13.6. The van der Waals surface area contributed by atoms with Crippen molar-refractivity contribution in [2.24, 2.45) is 0 Å². The molecule has 0 aliphatic carbocycles. The molecule has 0 amide bonds. The average Bonchev–Trinajstić information content (AvgIpc) is 2.73. The molecule has 18 heavy (non-hydrogen) atoms. The molecule has 1 aromatic heterocycles. The van der Waals surface area contributed by atoms with Crippen molar-refractivity contribution in [1.82, 2.24) is 15.1 Å². The second-order valence-corrected chi connectivity index (χ2v) is 4.61. The predicted molar refractivity (Wildman–Crippen MR) is 70.3 cm³/mol. The van der Waals surface area contributed by atoms with Crippen LogP contribution in [-0.2, 0) is 16.1 Å². The first-order valence-corrected chi connectivity index (χ1v) is 6.44. The van der Waals surface area contributed by atoms with E-state index in [-0.39, 0.29) is 5.97 Å². The Balaban J connectivity index is 2.83. The molecule has 1 N–H and O–H groups in total. The van der Waals surface area contributed by atoms with Gasteiger partial charge in [-0.3, -0.25) is 4.68 Å². The molecule has 102 valence electrons. The van der Waals surface area contributed by atoms with Crippen LogP contribution < -0.4 is 5.32 Å². The highest BCUT2D eigenvalue weighted by Gasteiger charge is 2.35. The van der Waals surface area contributed by atoms with Crippen LogP contribution in [0.3, 0.4) is 0 Å². The number of hydrogen-bond acceptors (Lipinski definition) is 4.